The van der Waals surface area contributed by atoms with Crippen LogP contribution >= 0.6 is 0 Å². The average Bonchev–Trinajstić information content (AvgIpc) is 2.55. The Morgan fingerprint density at radius 1 is 0.808 bits per heavy atom. The molecule has 0 heteroatoms. The van der Waals surface area contributed by atoms with Crippen molar-refractivity contribution in [3.05, 3.63) is 0 Å². The van der Waals surface area contributed by atoms with Crippen molar-refractivity contribution in [2.45, 2.75) is 132 Å². The largest absolute Gasteiger partial charge is 0.0654 e. The first-order valence-corrected chi connectivity index (χ1v) is 12.4. The van der Waals surface area contributed by atoms with Crippen molar-refractivity contribution in [1.82, 2.24) is 0 Å². The number of unbranched alkanes of at least 4 members (excludes halogenated alkanes) is 1. The predicted octanol–water partition coefficient (Wildman–Crippen LogP) is 9.28. The van der Waals surface area contributed by atoms with Gasteiger partial charge in [0.2, 0.25) is 0 Å². The minimum atomic E-state index is 0.560. The SMILES string of the molecule is CCCCC(CC)CC(CCC)C1CC(C(C)CCC(C)(C)CCC)C1. The Labute approximate surface area is 167 Å². The molecule has 156 valence electrons. The molecule has 1 rings (SSSR count). The van der Waals surface area contributed by atoms with Gasteiger partial charge in [-0.15, -0.1) is 0 Å². The Morgan fingerprint density at radius 2 is 1.50 bits per heavy atom. The summed E-state index contributed by atoms with van der Waals surface area (Å²) in [4.78, 5) is 0. The number of hydrogen-bond acceptors (Lipinski definition) is 0. The van der Waals surface area contributed by atoms with Crippen LogP contribution < -0.4 is 0 Å². The molecule has 0 aromatic heterocycles. The zero-order valence-corrected chi connectivity index (χ0v) is 19.6. The van der Waals surface area contributed by atoms with E-state index in [-0.39, 0.29) is 0 Å². The molecule has 0 aromatic rings. The first-order valence-electron chi connectivity index (χ1n) is 12.4. The van der Waals surface area contributed by atoms with Crippen LogP contribution in [0.2, 0.25) is 0 Å². The van der Waals surface area contributed by atoms with E-state index in [1.54, 1.807) is 12.8 Å². The molecule has 0 nitrogen and oxygen atoms in total. The Balaban J connectivity index is 2.41. The minimum Gasteiger partial charge on any atom is -0.0654 e. The fourth-order valence-electron chi connectivity index (χ4n) is 5.54. The summed E-state index contributed by atoms with van der Waals surface area (Å²) < 4.78 is 0. The molecule has 0 aromatic carbocycles. The minimum absolute atomic E-state index is 0.560. The van der Waals surface area contributed by atoms with Gasteiger partial charge >= 0.3 is 0 Å². The highest BCUT2D eigenvalue weighted by Gasteiger charge is 2.37. The Kier molecular flexibility index (Phi) is 11.5. The molecule has 3 atom stereocenters. The van der Waals surface area contributed by atoms with E-state index in [4.69, 9.17) is 0 Å². The predicted molar refractivity (Wildman–Crippen MR) is 120 cm³/mol. The second-order valence-corrected chi connectivity index (χ2v) is 10.6. The molecule has 0 saturated heterocycles. The summed E-state index contributed by atoms with van der Waals surface area (Å²) in [6, 6.07) is 0. The summed E-state index contributed by atoms with van der Waals surface area (Å²) in [7, 11) is 0. The smallest absolute Gasteiger partial charge is 0.0354 e. The maximum Gasteiger partial charge on any atom is -0.0354 e. The lowest BCUT2D eigenvalue weighted by Gasteiger charge is -2.45. The molecule has 26 heavy (non-hydrogen) atoms. The van der Waals surface area contributed by atoms with Gasteiger partial charge in [0.05, 0.1) is 0 Å². The molecule has 0 amide bonds. The molecular formula is C26H52. The van der Waals surface area contributed by atoms with E-state index in [0.717, 1.165) is 29.6 Å². The average molecular weight is 365 g/mol. The van der Waals surface area contributed by atoms with Gasteiger partial charge in [0.25, 0.3) is 0 Å². The normalized spacial score (nSPS) is 24.1. The lowest BCUT2D eigenvalue weighted by Crippen LogP contribution is -2.35. The van der Waals surface area contributed by atoms with E-state index < -0.39 is 0 Å². The van der Waals surface area contributed by atoms with Crippen LogP contribution in [0, 0.1) is 35.0 Å². The molecule has 0 spiro atoms. The Bertz CT molecular complexity index is 336. The van der Waals surface area contributed by atoms with Gasteiger partial charge in [0, 0.05) is 0 Å². The van der Waals surface area contributed by atoms with Gasteiger partial charge in [-0.25, -0.2) is 0 Å². The van der Waals surface area contributed by atoms with Gasteiger partial charge in [-0.3, -0.25) is 0 Å². The van der Waals surface area contributed by atoms with Crippen molar-refractivity contribution in [1.29, 1.82) is 0 Å². The quantitative estimate of drug-likeness (QED) is 0.271. The highest BCUT2D eigenvalue weighted by molar-refractivity contribution is 4.88. The van der Waals surface area contributed by atoms with E-state index in [9.17, 15) is 0 Å². The van der Waals surface area contributed by atoms with Crippen LogP contribution in [0.3, 0.4) is 0 Å². The van der Waals surface area contributed by atoms with Gasteiger partial charge in [-0.2, -0.15) is 0 Å². The molecular weight excluding hydrogens is 312 g/mol. The van der Waals surface area contributed by atoms with Crippen molar-refractivity contribution in [2.24, 2.45) is 35.0 Å². The van der Waals surface area contributed by atoms with E-state index in [2.05, 4.69) is 48.5 Å². The highest BCUT2D eigenvalue weighted by Crippen LogP contribution is 2.48. The van der Waals surface area contributed by atoms with Crippen LogP contribution in [0.25, 0.3) is 0 Å². The highest BCUT2D eigenvalue weighted by atomic mass is 14.4. The summed E-state index contributed by atoms with van der Waals surface area (Å²) in [5.74, 6) is 5.07. The van der Waals surface area contributed by atoms with E-state index in [1.807, 2.05) is 0 Å². The number of rotatable bonds is 15. The van der Waals surface area contributed by atoms with Crippen LogP contribution in [0.15, 0.2) is 0 Å². The van der Waals surface area contributed by atoms with Crippen molar-refractivity contribution >= 4 is 0 Å². The lowest BCUT2D eigenvalue weighted by atomic mass is 9.61. The summed E-state index contributed by atoms with van der Waals surface area (Å²) in [5.41, 5.74) is 0.560. The number of hydrogen-bond donors (Lipinski definition) is 0. The fraction of sp³-hybridized carbons (Fsp3) is 1.00. The van der Waals surface area contributed by atoms with Crippen LogP contribution in [0.5, 0.6) is 0 Å². The van der Waals surface area contributed by atoms with Crippen molar-refractivity contribution < 1.29 is 0 Å². The van der Waals surface area contributed by atoms with Crippen LogP contribution in [-0.2, 0) is 0 Å². The van der Waals surface area contributed by atoms with Gasteiger partial charge in [0.1, 0.15) is 0 Å². The second kappa shape index (κ2) is 12.5. The van der Waals surface area contributed by atoms with E-state index >= 15 is 0 Å². The van der Waals surface area contributed by atoms with Gasteiger partial charge < -0.3 is 0 Å². The molecule has 0 radical (unpaired) electrons. The van der Waals surface area contributed by atoms with Gasteiger partial charge in [-0.1, -0.05) is 93.4 Å². The Morgan fingerprint density at radius 3 is 2.04 bits per heavy atom. The third kappa shape index (κ3) is 8.35. The van der Waals surface area contributed by atoms with Crippen molar-refractivity contribution in [3.8, 4) is 0 Å². The van der Waals surface area contributed by atoms with Crippen LogP contribution in [0.1, 0.15) is 132 Å². The molecule has 1 aliphatic carbocycles. The topological polar surface area (TPSA) is 0 Å². The zero-order chi connectivity index (χ0) is 19.6. The van der Waals surface area contributed by atoms with Crippen molar-refractivity contribution in [2.75, 3.05) is 0 Å². The first kappa shape index (κ1) is 24.0. The van der Waals surface area contributed by atoms with E-state index in [0.29, 0.717) is 5.41 Å². The standard InChI is InChI=1S/C26H52/c1-8-12-14-22(11-4)18-23(13-9-2)25-19-24(20-25)21(5)15-17-26(6,7)16-10-3/h21-25H,8-20H2,1-7H3. The maximum atomic E-state index is 2.55. The van der Waals surface area contributed by atoms with E-state index in [1.165, 1.54) is 70.6 Å². The molecule has 0 heterocycles. The molecule has 0 aliphatic heterocycles. The first-order chi connectivity index (χ1) is 12.4. The third-order valence-electron chi connectivity index (χ3n) is 7.72. The monoisotopic (exact) mass is 364 g/mol. The maximum absolute atomic E-state index is 2.55. The Hall–Kier alpha value is 0. The fourth-order valence-corrected chi connectivity index (χ4v) is 5.54. The summed E-state index contributed by atoms with van der Waals surface area (Å²) in [5, 5.41) is 0. The lowest BCUT2D eigenvalue weighted by molar-refractivity contribution is 0.0561. The van der Waals surface area contributed by atoms with Crippen LogP contribution in [0.4, 0.5) is 0 Å². The molecule has 3 unspecified atom stereocenters. The summed E-state index contributed by atoms with van der Waals surface area (Å²) in [6.45, 7) is 17.0. The molecule has 1 saturated carbocycles. The van der Waals surface area contributed by atoms with Gasteiger partial charge in [-0.05, 0) is 73.5 Å². The molecule has 0 N–H and O–H groups in total. The second-order valence-electron chi connectivity index (χ2n) is 10.6. The zero-order valence-electron chi connectivity index (χ0n) is 19.6. The van der Waals surface area contributed by atoms with Crippen molar-refractivity contribution in [3.63, 3.8) is 0 Å². The summed E-state index contributed by atoms with van der Waals surface area (Å²) >= 11 is 0. The molecule has 1 fully saturated rings. The van der Waals surface area contributed by atoms with Crippen LogP contribution in [-0.4, -0.2) is 0 Å². The molecule has 1 aliphatic rings. The molecule has 0 bridgehead atoms. The summed E-state index contributed by atoms with van der Waals surface area (Å²) in [6.07, 6.45) is 18.8. The third-order valence-corrected chi connectivity index (χ3v) is 7.72. The van der Waals surface area contributed by atoms with Gasteiger partial charge in [0.15, 0.2) is 0 Å².